The summed E-state index contributed by atoms with van der Waals surface area (Å²) in [7, 11) is 0. The number of rotatable bonds is 7. The first-order valence-corrected chi connectivity index (χ1v) is 23.2. The summed E-state index contributed by atoms with van der Waals surface area (Å²) in [5.74, 6) is 1.75. The molecule has 0 atom stereocenters. The highest BCUT2D eigenvalue weighted by atomic mass is 16.3. The van der Waals surface area contributed by atoms with Crippen molar-refractivity contribution in [2.24, 2.45) is 0 Å². The fourth-order valence-corrected chi connectivity index (χ4v) is 10.1. The molecule has 4 heterocycles. The van der Waals surface area contributed by atoms with E-state index in [1.54, 1.807) is 0 Å². The summed E-state index contributed by atoms with van der Waals surface area (Å²) in [5.41, 5.74) is 16.2. The zero-order valence-corrected chi connectivity index (χ0v) is 37.0. The molecule has 0 spiro atoms. The summed E-state index contributed by atoms with van der Waals surface area (Å²) in [6.45, 7) is 0. The molecule has 14 aromatic rings. The van der Waals surface area contributed by atoms with Crippen LogP contribution < -0.4 is 0 Å². The molecule has 0 radical (unpaired) electrons. The van der Waals surface area contributed by atoms with Crippen LogP contribution >= 0.6 is 0 Å². The van der Waals surface area contributed by atoms with Crippen LogP contribution in [0.15, 0.2) is 239 Å². The SMILES string of the molecule is c1ccc(-c2cccc(-n3c4ccccc4c4cc(-c5ccc6oc7cccc(-c8nc(-c9ccccc9)nc(-c9ccc(-c%10ccc%11c(c%10)oc%10ccccc%10%11)cc9)n8)c7c6c5)ccc43)c2)cc1. The minimum atomic E-state index is 0.572. The fraction of sp³-hybridized carbons (Fsp3) is 0. The van der Waals surface area contributed by atoms with E-state index in [1.807, 2.05) is 60.7 Å². The lowest BCUT2D eigenvalue weighted by Gasteiger charge is -2.11. The van der Waals surface area contributed by atoms with Gasteiger partial charge in [-0.2, -0.15) is 0 Å². The molecule has 0 N–H and O–H groups in total. The summed E-state index contributed by atoms with van der Waals surface area (Å²) in [6, 6.07) is 80.5. The third-order valence-electron chi connectivity index (χ3n) is 13.5. The Morgan fingerprint density at radius 2 is 0.783 bits per heavy atom. The number of fused-ring (bicyclic) bond motifs is 9. The van der Waals surface area contributed by atoms with Crippen molar-refractivity contribution < 1.29 is 8.83 Å². The van der Waals surface area contributed by atoms with Crippen LogP contribution in [0.5, 0.6) is 0 Å². The zero-order valence-electron chi connectivity index (χ0n) is 37.0. The maximum absolute atomic E-state index is 6.57. The average molecular weight is 883 g/mol. The van der Waals surface area contributed by atoms with Gasteiger partial charge in [0.05, 0.1) is 11.0 Å². The van der Waals surface area contributed by atoms with Gasteiger partial charge >= 0.3 is 0 Å². The Hall–Kier alpha value is -9.39. The van der Waals surface area contributed by atoms with E-state index in [0.717, 1.165) is 94.0 Å². The monoisotopic (exact) mass is 882 g/mol. The molecule has 0 bridgehead atoms. The molecule has 10 aromatic carbocycles. The van der Waals surface area contributed by atoms with Crippen molar-refractivity contribution in [3.63, 3.8) is 0 Å². The molecular weight excluding hydrogens is 845 g/mol. The van der Waals surface area contributed by atoms with Crippen molar-refractivity contribution in [2.75, 3.05) is 0 Å². The van der Waals surface area contributed by atoms with E-state index in [-0.39, 0.29) is 0 Å². The summed E-state index contributed by atoms with van der Waals surface area (Å²) >= 11 is 0. The number of benzene rings is 10. The minimum absolute atomic E-state index is 0.572. The Kier molecular flexibility index (Phi) is 8.79. The van der Waals surface area contributed by atoms with E-state index in [0.29, 0.717) is 17.5 Å². The van der Waals surface area contributed by atoms with Gasteiger partial charge in [0.25, 0.3) is 0 Å². The molecular formula is C63H38N4O2. The van der Waals surface area contributed by atoms with Gasteiger partial charge in [-0.3, -0.25) is 0 Å². The van der Waals surface area contributed by atoms with Crippen molar-refractivity contribution >= 4 is 65.7 Å². The number of hydrogen-bond donors (Lipinski definition) is 0. The largest absolute Gasteiger partial charge is 0.456 e. The third kappa shape index (κ3) is 6.53. The Balaban J connectivity index is 0.870. The van der Waals surface area contributed by atoms with Crippen LogP contribution in [0.2, 0.25) is 0 Å². The van der Waals surface area contributed by atoms with E-state index < -0.39 is 0 Å². The molecule has 322 valence electrons. The number of furan rings is 2. The predicted molar refractivity (Wildman–Crippen MR) is 281 cm³/mol. The molecule has 0 fully saturated rings. The van der Waals surface area contributed by atoms with Crippen LogP contribution in [0, 0.1) is 0 Å². The van der Waals surface area contributed by atoms with Gasteiger partial charge < -0.3 is 13.4 Å². The number of aromatic nitrogens is 4. The van der Waals surface area contributed by atoms with E-state index >= 15 is 0 Å². The van der Waals surface area contributed by atoms with Gasteiger partial charge in [0.2, 0.25) is 0 Å². The van der Waals surface area contributed by atoms with Crippen molar-refractivity contribution in [2.45, 2.75) is 0 Å². The lowest BCUT2D eigenvalue weighted by Crippen LogP contribution is -2.00. The maximum atomic E-state index is 6.57. The third-order valence-corrected chi connectivity index (χ3v) is 13.5. The second kappa shape index (κ2) is 15.6. The van der Waals surface area contributed by atoms with Gasteiger partial charge in [-0.05, 0) is 100 Å². The average Bonchev–Trinajstić information content (AvgIpc) is 4.10. The molecule has 6 heteroatoms. The van der Waals surface area contributed by atoms with Gasteiger partial charge in [-0.1, -0.05) is 164 Å². The number of nitrogens with zero attached hydrogens (tertiary/aromatic N) is 4. The summed E-state index contributed by atoms with van der Waals surface area (Å²) in [4.78, 5) is 15.5. The Morgan fingerprint density at radius 1 is 0.275 bits per heavy atom. The molecule has 4 aromatic heterocycles. The zero-order chi connectivity index (χ0) is 45.4. The van der Waals surface area contributed by atoms with Crippen LogP contribution in [0.25, 0.3) is 139 Å². The van der Waals surface area contributed by atoms with Crippen molar-refractivity contribution in [3.05, 3.63) is 231 Å². The van der Waals surface area contributed by atoms with E-state index in [1.165, 1.54) is 27.4 Å². The van der Waals surface area contributed by atoms with Gasteiger partial charge in [0, 0.05) is 54.7 Å². The first-order valence-electron chi connectivity index (χ1n) is 23.2. The molecule has 14 rings (SSSR count). The molecule has 0 saturated heterocycles. The van der Waals surface area contributed by atoms with Gasteiger partial charge in [0.1, 0.15) is 22.3 Å². The minimum Gasteiger partial charge on any atom is -0.456 e. The second-order valence-corrected chi connectivity index (χ2v) is 17.6. The molecule has 0 aliphatic rings. The standard InChI is InChI=1S/C63H38N4O2/c1-3-13-39(14-4-1)43-17-11-18-47(35-43)67-54-22-9-7-19-48(54)52-36-44(30-33-55(52)67)45-31-34-57-53(37-45)60-51(21-12-24-58(60)68-57)63-65-61(41-15-5-2-6-16-41)64-62(66-63)42-27-25-40(26-28-42)46-29-32-50-49-20-8-10-23-56(49)69-59(50)38-46/h1-38H. The van der Waals surface area contributed by atoms with Crippen LogP contribution in [0.4, 0.5) is 0 Å². The lowest BCUT2D eigenvalue weighted by atomic mass is 9.99. The Bertz CT molecular complexity index is 4300. The van der Waals surface area contributed by atoms with Gasteiger partial charge in [-0.15, -0.1) is 0 Å². The summed E-state index contributed by atoms with van der Waals surface area (Å²) < 4.78 is 15.2. The van der Waals surface area contributed by atoms with Crippen molar-refractivity contribution in [3.8, 4) is 73.2 Å². The van der Waals surface area contributed by atoms with Crippen LogP contribution in [0.1, 0.15) is 0 Å². The Labute approximate surface area is 396 Å². The van der Waals surface area contributed by atoms with Crippen LogP contribution in [-0.4, -0.2) is 19.5 Å². The van der Waals surface area contributed by atoms with Gasteiger partial charge in [0.15, 0.2) is 17.5 Å². The number of hydrogen-bond acceptors (Lipinski definition) is 5. The quantitative estimate of drug-likeness (QED) is 0.159. The highest BCUT2D eigenvalue weighted by Crippen LogP contribution is 2.41. The van der Waals surface area contributed by atoms with Crippen LogP contribution in [-0.2, 0) is 0 Å². The second-order valence-electron chi connectivity index (χ2n) is 17.6. The first kappa shape index (κ1) is 38.8. The molecule has 0 amide bonds. The normalized spacial score (nSPS) is 11.8. The molecule has 0 saturated carbocycles. The molecule has 0 unspecified atom stereocenters. The highest BCUT2D eigenvalue weighted by molar-refractivity contribution is 6.14. The smallest absolute Gasteiger partial charge is 0.164 e. The van der Waals surface area contributed by atoms with Crippen LogP contribution in [0.3, 0.4) is 0 Å². The predicted octanol–water partition coefficient (Wildman–Crippen LogP) is 16.8. The highest BCUT2D eigenvalue weighted by Gasteiger charge is 2.20. The first-order chi connectivity index (χ1) is 34.2. The molecule has 0 aliphatic carbocycles. The summed E-state index contributed by atoms with van der Waals surface area (Å²) in [6.07, 6.45) is 0. The van der Waals surface area contributed by atoms with E-state index in [4.69, 9.17) is 23.8 Å². The van der Waals surface area contributed by atoms with Gasteiger partial charge in [-0.25, -0.2) is 15.0 Å². The molecule has 6 nitrogen and oxygen atoms in total. The van der Waals surface area contributed by atoms with E-state index in [2.05, 4.69) is 174 Å². The van der Waals surface area contributed by atoms with Crippen molar-refractivity contribution in [1.29, 1.82) is 0 Å². The maximum Gasteiger partial charge on any atom is 0.164 e. The number of para-hydroxylation sites is 2. The van der Waals surface area contributed by atoms with Crippen molar-refractivity contribution in [1.82, 2.24) is 19.5 Å². The topological polar surface area (TPSA) is 69.9 Å². The van der Waals surface area contributed by atoms with E-state index in [9.17, 15) is 0 Å². The summed E-state index contributed by atoms with van der Waals surface area (Å²) in [5, 5.41) is 6.57. The fourth-order valence-electron chi connectivity index (χ4n) is 10.1. The Morgan fingerprint density at radius 3 is 1.61 bits per heavy atom. The lowest BCUT2D eigenvalue weighted by molar-refractivity contribution is 0.668. The molecule has 69 heavy (non-hydrogen) atoms. The molecule has 0 aliphatic heterocycles.